The molecule has 0 aliphatic carbocycles. The van der Waals surface area contributed by atoms with Crippen LogP contribution in [0.3, 0.4) is 0 Å². The van der Waals surface area contributed by atoms with E-state index in [0.29, 0.717) is 35.3 Å². The minimum absolute atomic E-state index is 0.179. The SMILES string of the molecule is CCCOc1c(I)cc(/C=C2\C(=O)NC(=O)N(c3ccc(C)c(Cl)c3)C2=O)cc1OCC. The van der Waals surface area contributed by atoms with Gasteiger partial charge in [-0.2, -0.15) is 0 Å². The number of hydrogen-bond acceptors (Lipinski definition) is 5. The average Bonchev–Trinajstić information content (AvgIpc) is 2.73. The molecular weight excluding hydrogens is 547 g/mol. The van der Waals surface area contributed by atoms with Gasteiger partial charge < -0.3 is 9.47 Å². The summed E-state index contributed by atoms with van der Waals surface area (Å²) in [4.78, 5) is 38.9. The highest BCUT2D eigenvalue weighted by Crippen LogP contribution is 2.35. The van der Waals surface area contributed by atoms with Crippen molar-refractivity contribution in [2.45, 2.75) is 27.2 Å². The fourth-order valence-corrected chi connectivity index (χ4v) is 4.01. The summed E-state index contributed by atoms with van der Waals surface area (Å²) in [6.07, 6.45) is 2.27. The van der Waals surface area contributed by atoms with Gasteiger partial charge in [0.25, 0.3) is 11.8 Å². The molecule has 168 valence electrons. The number of urea groups is 1. The summed E-state index contributed by atoms with van der Waals surface area (Å²) in [5, 5.41) is 2.62. The first kappa shape index (κ1) is 24.1. The van der Waals surface area contributed by atoms with Crippen LogP contribution in [0.5, 0.6) is 11.5 Å². The lowest BCUT2D eigenvalue weighted by Gasteiger charge is -2.26. The van der Waals surface area contributed by atoms with E-state index in [1.807, 2.05) is 20.8 Å². The second kappa shape index (κ2) is 10.4. The molecule has 32 heavy (non-hydrogen) atoms. The molecule has 2 aromatic carbocycles. The number of nitrogens with one attached hydrogen (secondary N) is 1. The van der Waals surface area contributed by atoms with Crippen molar-refractivity contribution >= 4 is 63.8 Å². The maximum absolute atomic E-state index is 13.1. The summed E-state index contributed by atoms with van der Waals surface area (Å²) in [6.45, 7) is 6.63. The smallest absolute Gasteiger partial charge is 0.335 e. The van der Waals surface area contributed by atoms with E-state index < -0.39 is 17.8 Å². The van der Waals surface area contributed by atoms with Crippen LogP contribution in [-0.4, -0.2) is 31.1 Å². The van der Waals surface area contributed by atoms with Crippen molar-refractivity contribution < 1.29 is 23.9 Å². The molecule has 0 spiro atoms. The van der Waals surface area contributed by atoms with Gasteiger partial charge in [0, 0.05) is 5.02 Å². The number of halogens is 2. The van der Waals surface area contributed by atoms with E-state index in [1.165, 1.54) is 12.1 Å². The zero-order valence-electron chi connectivity index (χ0n) is 17.8. The molecule has 0 aromatic heterocycles. The molecule has 1 saturated heterocycles. The van der Waals surface area contributed by atoms with Gasteiger partial charge in [0.2, 0.25) is 0 Å². The number of barbiturate groups is 1. The van der Waals surface area contributed by atoms with Crippen LogP contribution in [-0.2, 0) is 9.59 Å². The minimum atomic E-state index is -0.829. The van der Waals surface area contributed by atoms with Crippen LogP contribution < -0.4 is 19.7 Å². The van der Waals surface area contributed by atoms with Gasteiger partial charge in [-0.25, -0.2) is 9.69 Å². The standard InChI is InChI=1S/C23H22ClIN2O5/c1-4-8-32-20-18(25)10-14(11-19(20)31-5-2)9-16-21(28)26-23(30)27(22(16)29)15-7-6-13(3)17(24)12-15/h6-7,9-12H,4-5,8H2,1-3H3,(H,26,28,30)/b16-9+. The Morgan fingerprint density at radius 2 is 1.88 bits per heavy atom. The van der Waals surface area contributed by atoms with E-state index in [1.54, 1.807) is 24.3 Å². The number of carbonyl (C=O) groups is 3. The van der Waals surface area contributed by atoms with E-state index in [0.717, 1.165) is 20.5 Å². The second-order valence-electron chi connectivity index (χ2n) is 7.00. The van der Waals surface area contributed by atoms with Crippen molar-refractivity contribution in [1.29, 1.82) is 0 Å². The van der Waals surface area contributed by atoms with Crippen LogP contribution in [0.15, 0.2) is 35.9 Å². The Bertz CT molecular complexity index is 1120. The third-order valence-electron chi connectivity index (χ3n) is 4.61. The third kappa shape index (κ3) is 5.07. The van der Waals surface area contributed by atoms with Crippen LogP contribution in [0.4, 0.5) is 10.5 Å². The number of nitrogens with zero attached hydrogens (tertiary/aromatic N) is 1. The van der Waals surface area contributed by atoms with Crippen LogP contribution >= 0.6 is 34.2 Å². The number of amides is 4. The molecule has 1 aliphatic heterocycles. The maximum atomic E-state index is 13.1. The lowest BCUT2D eigenvalue weighted by molar-refractivity contribution is -0.122. The number of carbonyl (C=O) groups excluding carboxylic acids is 3. The molecule has 0 radical (unpaired) electrons. The maximum Gasteiger partial charge on any atom is 0.335 e. The largest absolute Gasteiger partial charge is 0.490 e. The van der Waals surface area contributed by atoms with Crippen molar-refractivity contribution in [2.24, 2.45) is 0 Å². The van der Waals surface area contributed by atoms with Crippen molar-refractivity contribution in [1.82, 2.24) is 5.32 Å². The number of ether oxygens (including phenoxy) is 2. The molecule has 0 saturated carbocycles. The Hall–Kier alpha value is -2.59. The predicted molar refractivity (Wildman–Crippen MR) is 131 cm³/mol. The lowest BCUT2D eigenvalue weighted by Crippen LogP contribution is -2.54. The molecule has 3 rings (SSSR count). The molecular formula is C23H22ClIN2O5. The number of aryl methyl sites for hydroxylation is 1. The Labute approximate surface area is 204 Å². The fraction of sp³-hybridized carbons (Fsp3) is 0.261. The van der Waals surface area contributed by atoms with Crippen LogP contribution in [0.25, 0.3) is 6.08 Å². The molecule has 0 unspecified atom stereocenters. The molecule has 2 aromatic rings. The number of imide groups is 2. The number of anilines is 1. The highest BCUT2D eigenvalue weighted by Gasteiger charge is 2.37. The molecule has 9 heteroatoms. The fourth-order valence-electron chi connectivity index (χ4n) is 3.06. The summed E-state index contributed by atoms with van der Waals surface area (Å²) in [5.41, 5.74) is 1.46. The Morgan fingerprint density at radius 3 is 2.53 bits per heavy atom. The van der Waals surface area contributed by atoms with Crippen LogP contribution in [0, 0.1) is 10.5 Å². The molecule has 4 amide bonds. The van der Waals surface area contributed by atoms with Gasteiger partial charge in [-0.1, -0.05) is 24.6 Å². The summed E-state index contributed by atoms with van der Waals surface area (Å²) < 4.78 is 12.3. The quantitative estimate of drug-likeness (QED) is 0.285. The summed E-state index contributed by atoms with van der Waals surface area (Å²) in [5.74, 6) is -0.379. The summed E-state index contributed by atoms with van der Waals surface area (Å²) in [7, 11) is 0. The van der Waals surface area contributed by atoms with Gasteiger partial charge in [0.1, 0.15) is 5.57 Å². The van der Waals surface area contributed by atoms with Crippen LogP contribution in [0.1, 0.15) is 31.4 Å². The van der Waals surface area contributed by atoms with Gasteiger partial charge in [-0.3, -0.25) is 14.9 Å². The van der Waals surface area contributed by atoms with Crippen molar-refractivity contribution in [3.8, 4) is 11.5 Å². The molecule has 1 heterocycles. The molecule has 7 nitrogen and oxygen atoms in total. The topological polar surface area (TPSA) is 84.9 Å². The molecule has 1 aliphatic rings. The van der Waals surface area contributed by atoms with E-state index in [-0.39, 0.29) is 11.3 Å². The number of hydrogen-bond donors (Lipinski definition) is 1. The lowest BCUT2D eigenvalue weighted by atomic mass is 10.1. The van der Waals surface area contributed by atoms with Gasteiger partial charge in [0.15, 0.2) is 11.5 Å². The molecule has 0 atom stereocenters. The van der Waals surface area contributed by atoms with Crippen molar-refractivity contribution in [2.75, 3.05) is 18.1 Å². The highest BCUT2D eigenvalue weighted by molar-refractivity contribution is 14.1. The summed E-state index contributed by atoms with van der Waals surface area (Å²) in [6, 6.07) is 7.47. The zero-order chi connectivity index (χ0) is 23.4. The Morgan fingerprint density at radius 1 is 1.12 bits per heavy atom. The van der Waals surface area contributed by atoms with Crippen molar-refractivity contribution in [3.05, 3.63) is 55.6 Å². The molecule has 0 bridgehead atoms. The van der Waals surface area contributed by atoms with Gasteiger partial charge in [-0.15, -0.1) is 0 Å². The van der Waals surface area contributed by atoms with Crippen LogP contribution in [0.2, 0.25) is 5.02 Å². The number of rotatable bonds is 7. The predicted octanol–water partition coefficient (Wildman–Crippen LogP) is 5.11. The third-order valence-corrected chi connectivity index (χ3v) is 5.82. The normalized spacial score (nSPS) is 15.2. The minimum Gasteiger partial charge on any atom is -0.490 e. The average molecular weight is 569 g/mol. The Balaban J connectivity index is 2.02. The van der Waals surface area contributed by atoms with Gasteiger partial charge in [-0.05, 0) is 84.3 Å². The zero-order valence-corrected chi connectivity index (χ0v) is 20.7. The molecule has 1 N–H and O–H groups in total. The van der Waals surface area contributed by atoms with Crippen molar-refractivity contribution in [3.63, 3.8) is 0 Å². The monoisotopic (exact) mass is 568 g/mol. The van der Waals surface area contributed by atoms with Gasteiger partial charge >= 0.3 is 6.03 Å². The van der Waals surface area contributed by atoms with E-state index in [4.69, 9.17) is 21.1 Å². The first-order valence-electron chi connectivity index (χ1n) is 10.0. The van der Waals surface area contributed by atoms with Gasteiger partial charge in [0.05, 0.1) is 22.5 Å². The second-order valence-corrected chi connectivity index (χ2v) is 8.57. The van der Waals surface area contributed by atoms with E-state index in [9.17, 15) is 14.4 Å². The first-order valence-corrected chi connectivity index (χ1v) is 11.5. The van der Waals surface area contributed by atoms with E-state index in [2.05, 4.69) is 27.9 Å². The highest BCUT2D eigenvalue weighted by atomic mass is 127. The Kier molecular flexibility index (Phi) is 7.78. The number of benzene rings is 2. The van der Waals surface area contributed by atoms with E-state index >= 15 is 0 Å². The molecule has 1 fully saturated rings. The summed E-state index contributed by atoms with van der Waals surface area (Å²) >= 11 is 8.28. The first-order chi connectivity index (χ1) is 15.3.